The summed E-state index contributed by atoms with van der Waals surface area (Å²) < 4.78 is 0. The quantitative estimate of drug-likeness (QED) is 0.764. The number of hydrogen-bond donors (Lipinski definition) is 2. The maximum Gasteiger partial charge on any atom is 0.258 e. The third kappa shape index (κ3) is 2.01. The molecule has 1 amide bonds. The fourth-order valence-corrected chi connectivity index (χ4v) is 2.51. The van der Waals surface area contributed by atoms with Crippen LogP contribution in [0.1, 0.15) is 15.9 Å². The fourth-order valence-electron chi connectivity index (χ4n) is 2.51. The molecule has 4 nitrogen and oxygen atoms in total. The number of nitrogen functional groups attached to an aromatic ring is 2. The summed E-state index contributed by atoms with van der Waals surface area (Å²) in [7, 11) is 0. The number of benzene rings is 2. The first kappa shape index (κ1) is 11.6. The molecule has 0 radical (unpaired) electrons. The Kier molecular flexibility index (Phi) is 2.63. The fraction of sp³-hybridized carbons (Fsp3) is 0.133. The van der Waals surface area contributed by atoms with Crippen LogP contribution < -0.4 is 16.4 Å². The largest absolute Gasteiger partial charge is 0.399 e. The molecule has 3 rings (SSSR count). The number of hydrogen-bond acceptors (Lipinski definition) is 3. The summed E-state index contributed by atoms with van der Waals surface area (Å²) in [4.78, 5) is 14.3. The number of para-hydroxylation sites is 1. The number of rotatable bonds is 1. The molecule has 0 atom stereocenters. The third-order valence-corrected chi connectivity index (χ3v) is 3.36. The highest BCUT2D eigenvalue weighted by molar-refractivity contribution is 6.08. The van der Waals surface area contributed by atoms with Gasteiger partial charge >= 0.3 is 0 Å². The van der Waals surface area contributed by atoms with Crippen LogP contribution in [0.5, 0.6) is 0 Å². The van der Waals surface area contributed by atoms with Crippen molar-refractivity contribution in [1.29, 1.82) is 0 Å². The minimum absolute atomic E-state index is 0.0519. The predicted octanol–water partition coefficient (Wildman–Crippen LogP) is 2.05. The number of nitrogens with two attached hydrogens (primary N) is 2. The van der Waals surface area contributed by atoms with Crippen LogP contribution in [0.25, 0.3) is 0 Å². The van der Waals surface area contributed by atoms with Gasteiger partial charge in [0.1, 0.15) is 0 Å². The summed E-state index contributed by atoms with van der Waals surface area (Å²) >= 11 is 0. The molecule has 0 aliphatic carbocycles. The summed E-state index contributed by atoms with van der Waals surface area (Å²) in [6.07, 6.45) is 0.889. The highest BCUT2D eigenvalue weighted by atomic mass is 16.2. The maximum atomic E-state index is 12.5. The molecular weight excluding hydrogens is 238 g/mol. The van der Waals surface area contributed by atoms with E-state index in [1.54, 1.807) is 23.1 Å². The van der Waals surface area contributed by atoms with E-state index in [-0.39, 0.29) is 5.91 Å². The topological polar surface area (TPSA) is 72.3 Å². The molecular formula is C15H15N3O. The molecule has 0 aromatic heterocycles. The number of nitrogens with zero attached hydrogens (tertiary/aromatic N) is 1. The Balaban J connectivity index is 1.98. The Morgan fingerprint density at radius 3 is 2.47 bits per heavy atom. The Morgan fingerprint density at radius 1 is 1.05 bits per heavy atom. The first-order valence-corrected chi connectivity index (χ1v) is 6.21. The lowest BCUT2D eigenvalue weighted by Crippen LogP contribution is -2.29. The number of anilines is 3. The summed E-state index contributed by atoms with van der Waals surface area (Å²) in [5.74, 6) is -0.0519. The van der Waals surface area contributed by atoms with Crippen LogP contribution in [0.15, 0.2) is 42.5 Å². The van der Waals surface area contributed by atoms with Crippen LogP contribution >= 0.6 is 0 Å². The second kappa shape index (κ2) is 4.31. The van der Waals surface area contributed by atoms with E-state index >= 15 is 0 Å². The van der Waals surface area contributed by atoms with Crippen LogP contribution in [0.4, 0.5) is 17.1 Å². The van der Waals surface area contributed by atoms with Crippen LogP contribution in [0.3, 0.4) is 0 Å². The Bertz CT molecular complexity index is 631. The maximum absolute atomic E-state index is 12.5. The van der Waals surface area contributed by atoms with Crippen molar-refractivity contribution < 1.29 is 4.79 Å². The van der Waals surface area contributed by atoms with Crippen molar-refractivity contribution in [3.05, 3.63) is 53.6 Å². The van der Waals surface area contributed by atoms with Crippen molar-refractivity contribution in [2.24, 2.45) is 0 Å². The number of carbonyl (C=O) groups is 1. The molecule has 0 bridgehead atoms. The first-order chi connectivity index (χ1) is 9.15. The van der Waals surface area contributed by atoms with Crippen molar-refractivity contribution in [1.82, 2.24) is 0 Å². The Morgan fingerprint density at radius 2 is 1.74 bits per heavy atom. The summed E-state index contributed by atoms with van der Waals surface area (Å²) in [6, 6.07) is 12.9. The highest BCUT2D eigenvalue weighted by Crippen LogP contribution is 2.29. The van der Waals surface area contributed by atoms with Gasteiger partial charge in [0.2, 0.25) is 0 Å². The van der Waals surface area contributed by atoms with Gasteiger partial charge in [-0.2, -0.15) is 0 Å². The van der Waals surface area contributed by atoms with E-state index in [1.807, 2.05) is 18.2 Å². The summed E-state index contributed by atoms with van der Waals surface area (Å²) in [5.41, 5.74) is 15.2. The smallest absolute Gasteiger partial charge is 0.258 e. The van der Waals surface area contributed by atoms with E-state index in [0.717, 1.165) is 12.1 Å². The van der Waals surface area contributed by atoms with Crippen molar-refractivity contribution >= 4 is 23.0 Å². The zero-order valence-corrected chi connectivity index (χ0v) is 10.5. The molecule has 1 aliphatic rings. The van der Waals surface area contributed by atoms with Gasteiger partial charge in [0.25, 0.3) is 5.91 Å². The third-order valence-electron chi connectivity index (χ3n) is 3.36. The van der Waals surface area contributed by atoms with E-state index in [4.69, 9.17) is 11.5 Å². The van der Waals surface area contributed by atoms with E-state index in [1.165, 1.54) is 5.56 Å². The molecule has 0 fully saturated rings. The monoisotopic (exact) mass is 253 g/mol. The van der Waals surface area contributed by atoms with Crippen LogP contribution in [0, 0.1) is 0 Å². The van der Waals surface area contributed by atoms with Gasteiger partial charge < -0.3 is 16.4 Å². The van der Waals surface area contributed by atoms with Gasteiger partial charge in [-0.25, -0.2) is 0 Å². The van der Waals surface area contributed by atoms with Crippen molar-refractivity contribution in [3.63, 3.8) is 0 Å². The zero-order valence-electron chi connectivity index (χ0n) is 10.5. The lowest BCUT2D eigenvalue weighted by molar-refractivity contribution is 0.0989. The summed E-state index contributed by atoms with van der Waals surface area (Å²) in [5, 5.41) is 0. The summed E-state index contributed by atoms with van der Waals surface area (Å²) in [6.45, 7) is 0.701. The van der Waals surface area contributed by atoms with Crippen molar-refractivity contribution in [2.75, 3.05) is 22.9 Å². The molecule has 4 N–H and O–H groups in total. The Hall–Kier alpha value is -2.49. The standard InChI is InChI=1S/C15H15N3O/c16-12-7-11(8-13(17)9-12)15(19)18-6-5-10-3-1-2-4-14(10)18/h1-4,7-9H,5-6,16-17H2. The van der Waals surface area contributed by atoms with Gasteiger partial charge in [-0.15, -0.1) is 0 Å². The highest BCUT2D eigenvalue weighted by Gasteiger charge is 2.25. The molecule has 0 saturated heterocycles. The molecule has 0 spiro atoms. The van der Waals surface area contributed by atoms with Crippen LogP contribution in [-0.4, -0.2) is 12.5 Å². The molecule has 1 heterocycles. The molecule has 2 aromatic carbocycles. The van der Waals surface area contributed by atoms with Crippen LogP contribution in [0.2, 0.25) is 0 Å². The van der Waals surface area contributed by atoms with Gasteiger partial charge in [-0.1, -0.05) is 18.2 Å². The minimum Gasteiger partial charge on any atom is -0.399 e. The van der Waals surface area contributed by atoms with Gasteiger partial charge in [-0.05, 0) is 36.2 Å². The SMILES string of the molecule is Nc1cc(N)cc(C(=O)N2CCc3ccccc32)c1. The number of carbonyl (C=O) groups excluding carboxylic acids is 1. The lowest BCUT2D eigenvalue weighted by Gasteiger charge is -2.17. The molecule has 96 valence electrons. The van der Waals surface area contributed by atoms with E-state index < -0.39 is 0 Å². The normalized spacial score (nSPS) is 13.4. The number of amides is 1. The molecule has 0 saturated carbocycles. The Labute approximate surface area is 111 Å². The van der Waals surface area contributed by atoms with Gasteiger partial charge in [0.05, 0.1) is 0 Å². The first-order valence-electron chi connectivity index (χ1n) is 6.21. The molecule has 1 aliphatic heterocycles. The zero-order chi connectivity index (χ0) is 13.4. The van der Waals surface area contributed by atoms with Crippen molar-refractivity contribution in [3.8, 4) is 0 Å². The van der Waals surface area contributed by atoms with Gasteiger partial charge in [0, 0.05) is 29.2 Å². The van der Waals surface area contributed by atoms with E-state index in [0.29, 0.717) is 23.5 Å². The van der Waals surface area contributed by atoms with E-state index in [9.17, 15) is 4.79 Å². The second-order valence-corrected chi connectivity index (χ2v) is 4.72. The average molecular weight is 253 g/mol. The predicted molar refractivity (Wildman–Crippen MR) is 77.1 cm³/mol. The minimum atomic E-state index is -0.0519. The molecule has 0 unspecified atom stereocenters. The van der Waals surface area contributed by atoms with Gasteiger partial charge in [0.15, 0.2) is 0 Å². The molecule has 4 heteroatoms. The van der Waals surface area contributed by atoms with Crippen molar-refractivity contribution in [2.45, 2.75) is 6.42 Å². The number of fused-ring (bicyclic) bond motifs is 1. The molecule has 19 heavy (non-hydrogen) atoms. The van der Waals surface area contributed by atoms with Crippen LogP contribution in [-0.2, 0) is 6.42 Å². The van der Waals surface area contributed by atoms with Gasteiger partial charge in [-0.3, -0.25) is 4.79 Å². The second-order valence-electron chi connectivity index (χ2n) is 4.72. The average Bonchev–Trinajstić information content (AvgIpc) is 2.80. The van der Waals surface area contributed by atoms with E-state index in [2.05, 4.69) is 6.07 Å². The lowest BCUT2D eigenvalue weighted by atomic mass is 10.1. The molecule has 2 aromatic rings.